The lowest BCUT2D eigenvalue weighted by Gasteiger charge is -2.24. The Labute approximate surface area is 108 Å². The summed E-state index contributed by atoms with van der Waals surface area (Å²) >= 11 is 0. The van der Waals surface area contributed by atoms with Crippen LogP contribution in [0.5, 0.6) is 0 Å². The summed E-state index contributed by atoms with van der Waals surface area (Å²) < 4.78 is 0. The quantitative estimate of drug-likeness (QED) is 0.696. The van der Waals surface area contributed by atoms with E-state index in [1.807, 2.05) is 26.8 Å². The molecule has 0 saturated carbocycles. The molecule has 4 heteroatoms. The van der Waals surface area contributed by atoms with Crippen molar-refractivity contribution in [1.82, 2.24) is 5.32 Å². The first-order chi connectivity index (χ1) is 8.35. The van der Waals surface area contributed by atoms with Gasteiger partial charge in [0.2, 0.25) is 0 Å². The highest BCUT2D eigenvalue weighted by atomic mass is 16.3. The Hall–Kier alpha value is -1.55. The van der Waals surface area contributed by atoms with Gasteiger partial charge in [0.05, 0.1) is 0 Å². The minimum atomic E-state index is -0.120. The number of nitrogens with one attached hydrogen (secondary N) is 1. The van der Waals surface area contributed by atoms with Gasteiger partial charge < -0.3 is 16.2 Å². The highest BCUT2D eigenvalue weighted by Gasteiger charge is 2.19. The predicted molar refractivity (Wildman–Crippen MR) is 73.4 cm³/mol. The van der Waals surface area contributed by atoms with E-state index in [9.17, 15) is 4.79 Å². The standard InChI is InChI=1S/C14H22N2O2/c1-10-4-5-11(15)8-12(10)13(18)16-9-14(2,3)6-7-17/h4-5,8,17H,6-7,9,15H2,1-3H3,(H,16,18). The van der Waals surface area contributed by atoms with Crippen LogP contribution in [0.1, 0.15) is 36.2 Å². The molecule has 0 radical (unpaired) electrons. The van der Waals surface area contributed by atoms with Gasteiger partial charge in [-0.05, 0) is 36.5 Å². The molecule has 0 saturated heterocycles. The van der Waals surface area contributed by atoms with Gasteiger partial charge in [-0.3, -0.25) is 4.79 Å². The largest absolute Gasteiger partial charge is 0.399 e. The van der Waals surface area contributed by atoms with Crippen molar-refractivity contribution in [2.45, 2.75) is 27.2 Å². The summed E-state index contributed by atoms with van der Waals surface area (Å²) in [6.45, 7) is 6.56. The third-order valence-corrected chi connectivity index (χ3v) is 3.02. The first-order valence-electron chi connectivity index (χ1n) is 6.11. The van der Waals surface area contributed by atoms with Crippen molar-refractivity contribution in [3.05, 3.63) is 29.3 Å². The molecule has 1 rings (SSSR count). The molecule has 0 atom stereocenters. The first kappa shape index (κ1) is 14.5. The lowest BCUT2D eigenvalue weighted by Crippen LogP contribution is -2.34. The third kappa shape index (κ3) is 4.04. The number of aliphatic hydroxyl groups excluding tert-OH is 1. The van der Waals surface area contributed by atoms with Crippen LogP contribution in [0.2, 0.25) is 0 Å². The van der Waals surface area contributed by atoms with Crippen LogP contribution in [-0.2, 0) is 0 Å². The molecule has 0 spiro atoms. The number of aryl methyl sites for hydroxylation is 1. The fraction of sp³-hybridized carbons (Fsp3) is 0.500. The summed E-state index contributed by atoms with van der Waals surface area (Å²) in [6, 6.07) is 5.30. The number of benzene rings is 1. The zero-order valence-corrected chi connectivity index (χ0v) is 11.3. The molecule has 1 aromatic carbocycles. The van der Waals surface area contributed by atoms with E-state index in [4.69, 9.17) is 10.8 Å². The predicted octanol–water partition coefficient (Wildman–Crippen LogP) is 1.72. The van der Waals surface area contributed by atoms with Gasteiger partial charge >= 0.3 is 0 Å². The van der Waals surface area contributed by atoms with Crippen LogP contribution in [0, 0.1) is 12.3 Å². The van der Waals surface area contributed by atoms with Crippen molar-refractivity contribution in [3.8, 4) is 0 Å². The number of hydrogen-bond donors (Lipinski definition) is 3. The lowest BCUT2D eigenvalue weighted by molar-refractivity contribution is 0.0927. The van der Waals surface area contributed by atoms with E-state index in [1.54, 1.807) is 12.1 Å². The second-order valence-electron chi connectivity index (χ2n) is 5.39. The van der Waals surface area contributed by atoms with Crippen molar-refractivity contribution in [1.29, 1.82) is 0 Å². The number of rotatable bonds is 5. The fourth-order valence-electron chi connectivity index (χ4n) is 1.69. The topological polar surface area (TPSA) is 75.4 Å². The number of nitrogen functional groups attached to an aromatic ring is 1. The van der Waals surface area contributed by atoms with Gasteiger partial charge in [0.25, 0.3) is 5.91 Å². The van der Waals surface area contributed by atoms with Crippen LogP contribution >= 0.6 is 0 Å². The molecule has 1 amide bonds. The monoisotopic (exact) mass is 250 g/mol. The molecular weight excluding hydrogens is 228 g/mol. The average molecular weight is 250 g/mol. The van der Waals surface area contributed by atoms with Crippen LogP contribution in [0.15, 0.2) is 18.2 Å². The molecule has 4 nitrogen and oxygen atoms in total. The molecule has 0 unspecified atom stereocenters. The molecule has 1 aromatic rings. The van der Waals surface area contributed by atoms with Gasteiger partial charge in [-0.15, -0.1) is 0 Å². The highest BCUT2D eigenvalue weighted by Crippen LogP contribution is 2.19. The van der Waals surface area contributed by atoms with Crippen LogP contribution in [-0.4, -0.2) is 24.2 Å². The van der Waals surface area contributed by atoms with Crippen molar-refractivity contribution in [2.24, 2.45) is 5.41 Å². The van der Waals surface area contributed by atoms with Crippen LogP contribution < -0.4 is 11.1 Å². The second kappa shape index (κ2) is 5.87. The molecule has 0 aliphatic carbocycles. The van der Waals surface area contributed by atoms with E-state index >= 15 is 0 Å². The van der Waals surface area contributed by atoms with E-state index in [2.05, 4.69) is 5.32 Å². The zero-order valence-electron chi connectivity index (χ0n) is 11.3. The number of carbonyl (C=O) groups is 1. The molecule has 0 bridgehead atoms. The Morgan fingerprint density at radius 2 is 2.11 bits per heavy atom. The molecular formula is C14H22N2O2. The molecule has 18 heavy (non-hydrogen) atoms. The van der Waals surface area contributed by atoms with Crippen molar-refractivity contribution < 1.29 is 9.90 Å². The summed E-state index contributed by atoms with van der Waals surface area (Å²) in [5, 5.41) is 11.8. The Morgan fingerprint density at radius 3 is 2.72 bits per heavy atom. The maximum atomic E-state index is 12.0. The third-order valence-electron chi connectivity index (χ3n) is 3.02. The summed E-state index contributed by atoms with van der Waals surface area (Å²) in [6.07, 6.45) is 0.656. The SMILES string of the molecule is Cc1ccc(N)cc1C(=O)NCC(C)(C)CCO. The zero-order chi connectivity index (χ0) is 13.8. The van der Waals surface area contributed by atoms with Crippen molar-refractivity contribution >= 4 is 11.6 Å². The van der Waals surface area contributed by atoms with Gasteiger partial charge in [-0.2, -0.15) is 0 Å². The number of nitrogens with two attached hydrogens (primary N) is 1. The van der Waals surface area contributed by atoms with Gasteiger partial charge in [-0.25, -0.2) is 0 Å². The van der Waals surface area contributed by atoms with E-state index in [0.29, 0.717) is 24.2 Å². The lowest BCUT2D eigenvalue weighted by atomic mass is 9.89. The summed E-state index contributed by atoms with van der Waals surface area (Å²) in [5.41, 5.74) is 7.66. The van der Waals surface area contributed by atoms with Crippen LogP contribution in [0.25, 0.3) is 0 Å². The second-order valence-corrected chi connectivity index (χ2v) is 5.39. The minimum absolute atomic E-state index is 0.112. The van der Waals surface area contributed by atoms with Crippen LogP contribution in [0.3, 0.4) is 0 Å². The maximum Gasteiger partial charge on any atom is 0.251 e. The van der Waals surface area contributed by atoms with Gasteiger partial charge in [-0.1, -0.05) is 19.9 Å². The average Bonchev–Trinajstić information content (AvgIpc) is 2.29. The van der Waals surface area contributed by atoms with Gasteiger partial charge in [0.1, 0.15) is 0 Å². The molecule has 0 fully saturated rings. The molecule has 100 valence electrons. The smallest absolute Gasteiger partial charge is 0.251 e. The minimum Gasteiger partial charge on any atom is -0.399 e. The Balaban J connectivity index is 2.69. The number of anilines is 1. The number of amides is 1. The van der Waals surface area contributed by atoms with Gasteiger partial charge in [0, 0.05) is 24.4 Å². The number of hydrogen-bond acceptors (Lipinski definition) is 3. The number of carbonyl (C=O) groups excluding carboxylic acids is 1. The summed E-state index contributed by atoms with van der Waals surface area (Å²) in [4.78, 5) is 12.0. The van der Waals surface area contributed by atoms with Crippen molar-refractivity contribution in [2.75, 3.05) is 18.9 Å². The number of aliphatic hydroxyl groups is 1. The molecule has 0 aliphatic heterocycles. The molecule has 4 N–H and O–H groups in total. The first-order valence-corrected chi connectivity index (χ1v) is 6.11. The van der Waals surface area contributed by atoms with E-state index in [-0.39, 0.29) is 17.9 Å². The maximum absolute atomic E-state index is 12.0. The Kier molecular flexibility index (Phi) is 4.73. The fourth-order valence-corrected chi connectivity index (χ4v) is 1.69. The summed E-state index contributed by atoms with van der Waals surface area (Å²) in [5.74, 6) is -0.120. The molecule has 0 aromatic heterocycles. The Morgan fingerprint density at radius 1 is 1.44 bits per heavy atom. The molecule has 0 heterocycles. The Bertz CT molecular complexity index is 428. The normalized spacial score (nSPS) is 11.3. The van der Waals surface area contributed by atoms with E-state index in [1.165, 1.54) is 0 Å². The summed E-state index contributed by atoms with van der Waals surface area (Å²) in [7, 11) is 0. The van der Waals surface area contributed by atoms with Crippen molar-refractivity contribution in [3.63, 3.8) is 0 Å². The van der Waals surface area contributed by atoms with E-state index in [0.717, 1.165) is 5.56 Å². The van der Waals surface area contributed by atoms with Gasteiger partial charge in [0.15, 0.2) is 0 Å². The van der Waals surface area contributed by atoms with Crippen LogP contribution in [0.4, 0.5) is 5.69 Å². The molecule has 0 aliphatic rings. The van der Waals surface area contributed by atoms with E-state index < -0.39 is 0 Å². The highest BCUT2D eigenvalue weighted by molar-refractivity contribution is 5.96.